The van der Waals surface area contributed by atoms with E-state index in [4.69, 9.17) is 0 Å². The molecule has 5 nitrogen and oxygen atoms in total. The number of amides is 1. The summed E-state index contributed by atoms with van der Waals surface area (Å²) in [6, 6.07) is 6.38. The first-order valence-electron chi connectivity index (χ1n) is 6.75. The molecule has 1 saturated carbocycles. The number of rotatable bonds is 5. The molecule has 1 aliphatic carbocycles. The topological polar surface area (TPSA) is 63.4 Å². The Morgan fingerprint density at radius 2 is 2.00 bits per heavy atom. The predicted octanol–water partition coefficient (Wildman–Crippen LogP) is 3.37. The van der Waals surface area contributed by atoms with E-state index in [0.717, 1.165) is 25.7 Å². The Morgan fingerprint density at radius 1 is 1.35 bits per heavy atom. The van der Waals surface area contributed by atoms with Crippen LogP contribution in [0, 0.1) is 10.1 Å². The fraction of sp³-hybridized carbons (Fsp3) is 0.500. The summed E-state index contributed by atoms with van der Waals surface area (Å²) in [5, 5.41) is 11.7. The van der Waals surface area contributed by atoms with E-state index in [0.29, 0.717) is 11.9 Å². The average Bonchev–Trinajstić information content (AvgIpc) is 2.98. The molecular weight excluding hydrogens is 324 g/mol. The Labute approximate surface area is 126 Å². The van der Waals surface area contributed by atoms with E-state index in [1.165, 1.54) is 12.1 Å². The SMILES string of the molecule is O=C(c1ccccc1[N+](=O)[O-])N(CCBr)C1CCCC1. The molecule has 1 amide bonds. The minimum atomic E-state index is -0.492. The second-order valence-electron chi connectivity index (χ2n) is 4.90. The molecule has 0 heterocycles. The van der Waals surface area contributed by atoms with Gasteiger partial charge in [-0.3, -0.25) is 14.9 Å². The number of nitro groups is 1. The van der Waals surface area contributed by atoms with Gasteiger partial charge in [-0.2, -0.15) is 0 Å². The molecule has 0 aliphatic heterocycles. The summed E-state index contributed by atoms with van der Waals surface area (Å²) in [7, 11) is 0. The van der Waals surface area contributed by atoms with Crippen LogP contribution in [0.2, 0.25) is 0 Å². The van der Waals surface area contributed by atoms with E-state index in [1.807, 2.05) is 0 Å². The van der Waals surface area contributed by atoms with Gasteiger partial charge < -0.3 is 4.90 Å². The zero-order valence-corrected chi connectivity index (χ0v) is 12.7. The van der Waals surface area contributed by atoms with Gasteiger partial charge in [-0.25, -0.2) is 0 Å². The van der Waals surface area contributed by atoms with E-state index < -0.39 is 4.92 Å². The minimum absolute atomic E-state index is 0.116. The van der Waals surface area contributed by atoms with Gasteiger partial charge in [0.05, 0.1) is 4.92 Å². The lowest BCUT2D eigenvalue weighted by atomic mass is 10.1. The highest BCUT2D eigenvalue weighted by Gasteiger charge is 2.30. The smallest absolute Gasteiger partial charge is 0.282 e. The molecule has 0 aromatic heterocycles. The van der Waals surface area contributed by atoms with Crippen LogP contribution in [0.4, 0.5) is 5.69 Å². The number of hydrogen-bond acceptors (Lipinski definition) is 3. The number of hydrogen-bond donors (Lipinski definition) is 0. The van der Waals surface area contributed by atoms with Crippen molar-refractivity contribution in [1.29, 1.82) is 0 Å². The summed E-state index contributed by atoms with van der Waals surface area (Å²) in [6.07, 6.45) is 4.21. The summed E-state index contributed by atoms with van der Waals surface area (Å²) < 4.78 is 0. The Balaban J connectivity index is 2.29. The van der Waals surface area contributed by atoms with Crippen molar-refractivity contribution < 1.29 is 9.72 Å². The summed E-state index contributed by atoms with van der Waals surface area (Å²) in [5.41, 5.74) is 0.0698. The Hall–Kier alpha value is -1.43. The van der Waals surface area contributed by atoms with Crippen LogP contribution >= 0.6 is 15.9 Å². The zero-order valence-electron chi connectivity index (χ0n) is 11.1. The van der Waals surface area contributed by atoms with Crippen LogP contribution in [0.15, 0.2) is 24.3 Å². The Morgan fingerprint density at radius 3 is 2.60 bits per heavy atom. The second-order valence-corrected chi connectivity index (χ2v) is 5.69. The van der Waals surface area contributed by atoms with Gasteiger partial charge in [0, 0.05) is 24.0 Å². The van der Waals surface area contributed by atoms with Crippen molar-refractivity contribution >= 4 is 27.5 Å². The molecule has 1 aromatic carbocycles. The highest BCUT2D eigenvalue weighted by Crippen LogP contribution is 2.27. The van der Waals surface area contributed by atoms with Gasteiger partial charge in [-0.15, -0.1) is 0 Å². The van der Waals surface area contributed by atoms with Crippen LogP contribution in [0.5, 0.6) is 0 Å². The van der Waals surface area contributed by atoms with Crippen molar-refractivity contribution in [2.45, 2.75) is 31.7 Å². The van der Waals surface area contributed by atoms with E-state index in [9.17, 15) is 14.9 Å². The fourth-order valence-electron chi connectivity index (χ4n) is 2.73. The van der Waals surface area contributed by atoms with Gasteiger partial charge in [-0.05, 0) is 18.9 Å². The molecule has 6 heteroatoms. The van der Waals surface area contributed by atoms with Gasteiger partial charge in [0.15, 0.2) is 0 Å². The van der Waals surface area contributed by atoms with Crippen LogP contribution in [0.25, 0.3) is 0 Å². The number of benzene rings is 1. The molecule has 1 fully saturated rings. The number of carbonyl (C=O) groups excluding carboxylic acids is 1. The lowest BCUT2D eigenvalue weighted by Gasteiger charge is -2.28. The molecule has 20 heavy (non-hydrogen) atoms. The van der Waals surface area contributed by atoms with Gasteiger partial charge in [0.2, 0.25) is 0 Å². The first kappa shape index (κ1) is 15.0. The largest absolute Gasteiger partial charge is 0.335 e. The molecule has 0 saturated heterocycles. The average molecular weight is 341 g/mol. The van der Waals surface area contributed by atoms with Crippen LogP contribution in [-0.4, -0.2) is 33.6 Å². The number of halogens is 1. The van der Waals surface area contributed by atoms with Gasteiger partial charge in [0.1, 0.15) is 5.56 Å². The molecule has 0 unspecified atom stereocenters. The van der Waals surface area contributed by atoms with Crippen molar-refractivity contribution in [3.05, 3.63) is 39.9 Å². The lowest BCUT2D eigenvalue weighted by Crippen LogP contribution is -2.40. The third-order valence-corrected chi connectivity index (χ3v) is 4.04. The number of carbonyl (C=O) groups is 1. The molecule has 1 aromatic rings. The molecule has 1 aliphatic rings. The molecule has 0 spiro atoms. The second kappa shape index (κ2) is 6.83. The first-order chi connectivity index (χ1) is 9.65. The molecule has 0 N–H and O–H groups in total. The minimum Gasteiger partial charge on any atom is -0.335 e. The van der Waals surface area contributed by atoms with Crippen LogP contribution in [0.3, 0.4) is 0 Å². The highest BCUT2D eigenvalue weighted by atomic mass is 79.9. The number of nitrogens with zero attached hydrogens (tertiary/aromatic N) is 2. The maximum atomic E-state index is 12.6. The molecule has 0 atom stereocenters. The predicted molar refractivity (Wildman–Crippen MR) is 80.2 cm³/mol. The summed E-state index contributed by atoms with van der Waals surface area (Å²) in [6.45, 7) is 0.579. The van der Waals surface area contributed by atoms with E-state index in [2.05, 4.69) is 15.9 Å². The molecule has 0 radical (unpaired) electrons. The van der Waals surface area contributed by atoms with E-state index in [1.54, 1.807) is 17.0 Å². The quantitative estimate of drug-likeness (QED) is 0.469. The van der Waals surface area contributed by atoms with E-state index >= 15 is 0 Å². The molecular formula is C14H17BrN2O3. The van der Waals surface area contributed by atoms with Crippen molar-refractivity contribution in [1.82, 2.24) is 4.90 Å². The van der Waals surface area contributed by atoms with Crippen molar-refractivity contribution in [3.8, 4) is 0 Å². The fourth-order valence-corrected chi connectivity index (χ4v) is 3.11. The van der Waals surface area contributed by atoms with Crippen LogP contribution < -0.4 is 0 Å². The summed E-state index contributed by atoms with van der Waals surface area (Å²) in [4.78, 5) is 25.0. The van der Waals surface area contributed by atoms with Gasteiger partial charge in [0.25, 0.3) is 11.6 Å². The van der Waals surface area contributed by atoms with Crippen LogP contribution in [-0.2, 0) is 0 Å². The molecule has 2 rings (SSSR count). The Bertz CT molecular complexity index is 501. The van der Waals surface area contributed by atoms with Crippen molar-refractivity contribution in [3.63, 3.8) is 0 Å². The number of para-hydroxylation sites is 1. The first-order valence-corrected chi connectivity index (χ1v) is 7.87. The lowest BCUT2D eigenvalue weighted by molar-refractivity contribution is -0.385. The molecule has 108 valence electrons. The summed E-state index contributed by atoms with van der Waals surface area (Å²) >= 11 is 3.36. The third-order valence-electron chi connectivity index (χ3n) is 3.68. The van der Waals surface area contributed by atoms with Gasteiger partial charge in [-0.1, -0.05) is 40.9 Å². The Kier molecular flexibility index (Phi) is 5.11. The number of alkyl halides is 1. The van der Waals surface area contributed by atoms with Crippen LogP contribution in [0.1, 0.15) is 36.0 Å². The maximum absolute atomic E-state index is 12.6. The van der Waals surface area contributed by atoms with E-state index in [-0.39, 0.29) is 23.2 Å². The normalized spacial score (nSPS) is 15.2. The van der Waals surface area contributed by atoms with Crippen molar-refractivity contribution in [2.75, 3.05) is 11.9 Å². The van der Waals surface area contributed by atoms with Crippen molar-refractivity contribution in [2.24, 2.45) is 0 Å². The molecule has 0 bridgehead atoms. The standard InChI is InChI=1S/C14H17BrN2O3/c15-9-10-16(11-5-1-2-6-11)14(18)12-7-3-4-8-13(12)17(19)20/h3-4,7-8,11H,1-2,5-6,9-10H2. The maximum Gasteiger partial charge on any atom is 0.282 e. The number of nitro benzene ring substituents is 1. The zero-order chi connectivity index (χ0) is 14.5. The highest BCUT2D eigenvalue weighted by molar-refractivity contribution is 9.09. The monoisotopic (exact) mass is 340 g/mol. The third kappa shape index (κ3) is 3.17. The van der Waals surface area contributed by atoms with Gasteiger partial charge >= 0.3 is 0 Å². The summed E-state index contributed by atoms with van der Waals surface area (Å²) in [5.74, 6) is -0.233.